The molecule has 1 aliphatic rings. The summed E-state index contributed by atoms with van der Waals surface area (Å²) in [6.45, 7) is 7.37. The summed E-state index contributed by atoms with van der Waals surface area (Å²) in [4.78, 5) is 2.47. The van der Waals surface area contributed by atoms with Crippen LogP contribution in [0, 0.1) is 6.92 Å². The van der Waals surface area contributed by atoms with E-state index >= 15 is 0 Å². The van der Waals surface area contributed by atoms with Crippen LogP contribution in [0.4, 0.5) is 5.82 Å². The van der Waals surface area contributed by atoms with Gasteiger partial charge in [0.2, 0.25) is 0 Å². The van der Waals surface area contributed by atoms with Crippen LogP contribution in [0.25, 0.3) is 0 Å². The van der Waals surface area contributed by atoms with Crippen molar-refractivity contribution in [3.63, 3.8) is 0 Å². The average molecular weight is 294 g/mol. The number of aryl methyl sites for hydroxylation is 2. The summed E-state index contributed by atoms with van der Waals surface area (Å²) in [5.41, 5.74) is 2.43. The molecule has 0 spiro atoms. The van der Waals surface area contributed by atoms with Gasteiger partial charge in [-0.25, -0.2) is 0 Å². The molecule has 21 heavy (non-hydrogen) atoms. The van der Waals surface area contributed by atoms with Gasteiger partial charge in [0.05, 0.1) is 5.69 Å². The van der Waals surface area contributed by atoms with Crippen LogP contribution in [0.3, 0.4) is 0 Å². The number of aliphatic hydroxyl groups excluding tert-OH is 1. The van der Waals surface area contributed by atoms with Gasteiger partial charge in [0.15, 0.2) is 0 Å². The van der Waals surface area contributed by atoms with Gasteiger partial charge in [0, 0.05) is 38.3 Å². The van der Waals surface area contributed by atoms with E-state index in [4.69, 9.17) is 0 Å². The van der Waals surface area contributed by atoms with Gasteiger partial charge < -0.3 is 15.3 Å². The van der Waals surface area contributed by atoms with Crippen LogP contribution in [0.5, 0.6) is 0 Å². The summed E-state index contributed by atoms with van der Waals surface area (Å²) >= 11 is 0. The predicted molar refractivity (Wildman–Crippen MR) is 86.6 cm³/mol. The molecule has 1 saturated carbocycles. The molecule has 120 valence electrons. The smallest absolute Gasteiger partial charge is 0.131 e. The molecule has 1 aromatic heterocycles. The van der Waals surface area contributed by atoms with Crippen LogP contribution in [-0.4, -0.2) is 40.6 Å². The zero-order valence-corrected chi connectivity index (χ0v) is 13.7. The zero-order valence-electron chi connectivity index (χ0n) is 13.7. The Hall–Kier alpha value is -1.07. The highest BCUT2D eigenvalue weighted by molar-refractivity contribution is 5.51. The zero-order chi connectivity index (χ0) is 15.2. The minimum Gasteiger partial charge on any atom is -0.396 e. The average Bonchev–Trinajstić information content (AvgIpc) is 2.67. The minimum absolute atomic E-state index is 0.253. The number of aromatic nitrogens is 2. The van der Waals surface area contributed by atoms with Crippen molar-refractivity contribution in [2.75, 3.05) is 24.6 Å². The Labute approximate surface area is 128 Å². The molecule has 0 amide bonds. The number of hydrogen-bond acceptors (Lipinski definition) is 4. The second-order valence-electron chi connectivity index (χ2n) is 6.04. The van der Waals surface area contributed by atoms with Crippen LogP contribution < -0.4 is 10.2 Å². The van der Waals surface area contributed by atoms with E-state index in [-0.39, 0.29) is 6.61 Å². The Balaban J connectivity index is 2.20. The van der Waals surface area contributed by atoms with E-state index < -0.39 is 0 Å². The Morgan fingerprint density at radius 2 is 2.19 bits per heavy atom. The largest absolute Gasteiger partial charge is 0.396 e. The minimum atomic E-state index is 0.253. The van der Waals surface area contributed by atoms with Crippen molar-refractivity contribution in [2.45, 2.75) is 58.5 Å². The first-order valence-electron chi connectivity index (χ1n) is 8.29. The molecule has 5 heteroatoms. The summed E-state index contributed by atoms with van der Waals surface area (Å²) in [6, 6.07) is 0.622. The molecule has 1 aliphatic carbocycles. The fraction of sp³-hybridized carbons (Fsp3) is 0.812. The first-order valence-corrected chi connectivity index (χ1v) is 8.29. The number of aliphatic hydroxyl groups is 1. The maximum Gasteiger partial charge on any atom is 0.131 e. The van der Waals surface area contributed by atoms with Gasteiger partial charge in [-0.3, -0.25) is 4.68 Å². The molecular weight excluding hydrogens is 264 g/mol. The molecule has 2 N–H and O–H groups in total. The fourth-order valence-corrected chi connectivity index (χ4v) is 3.05. The summed E-state index contributed by atoms with van der Waals surface area (Å²) in [5.74, 6) is 1.24. The predicted octanol–water partition coefficient (Wildman–Crippen LogP) is 1.97. The summed E-state index contributed by atoms with van der Waals surface area (Å²) in [5, 5.41) is 17.3. The monoisotopic (exact) mass is 294 g/mol. The van der Waals surface area contributed by atoms with Crippen molar-refractivity contribution >= 4 is 5.82 Å². The number of nitrogens with zero attached hydrogens (tertiary/aromatic N) is 3. The molecule has 0 unspecified atom stereocenters. The standard InChI is InChI=1S/C16H30N4O/c1-4-9-17-12-15-13(2)18-19(3)16(15)20(10-6-11-21)14-7-5-8-14/h14,17,21H,4-12H2,1-3H3. The van der Waals surface area contributed by atoms with E-state index in [2.05, 4.69) is 29.2 Å². The number of rotatable bonds is 9. The van der Waals surface area contributed by atoms with Crippen molar-refractivity contribution < 1.29 is 5.11 Å². The Bertz CT molecular complexity index is 440. The van der Waals surface area contributed by atoms with Crippen molar-refractivity contribution in [3.05, 3.63) is 11.3 Å². The summed E-state index contributed by atoms with van der Waals surface area (Å²) < 4.78 is 2.02. The maximum atomic E-state index is 9.19. The Morgan fingerprint density at radius 1 is 1.43 bits per heavy atom. The van der Waals surface area contributed by atoms with E-state index in [0.29, 0.717) is 6.04 Å². The molecule has 0 aliphatic heterocycles. The third kappa shape index (κ3) is 3.77. The highest BCUT2D eigenvalue weighted by Crippen LogP contribution is 2.32. The van der Waals surface area contributed by atoms with Gasteiger partial charge >= 0.3 is 0 Å². The lowest BCUT2D eigenvalue weighted by molar-refractivity contribution is 0.282. The maximum absolute atomic E-state index is 9.19. The fourth-order valence-electron chi connectivity index (χ4n) is 3.05. The lowest BCUT2D eigenvalue weighted by Crippen LogP contribution is -2.42. The quantitative estimate of drug-likeness (QED) is 0.684. The molecule has 0 aromatic carbocycles. The lowest BCUT2D eigenvalue weighted by Gasteiger charge is -2.39. The van der Waals surface area contributed by atoms with Gasteiger partial charge in [-0.2, -0.15) is 5.10 Å². The third-order valence-electron chi connectivity index (χ3n) is 4.39. The second kappa shape index (κ2) is 7.80. The molecule has 0 bridgehead atoms. The molecule has 1 fully saturated rings. The van der Waals surface area contributed by atoms with E-state index in [1.807, 2.05) is 11.7 Å². The van der Waals surface area contributed by atoms with E-state index in [9.17, 15) is 5.11 Å². The van der Waals surface area contributed by atoms with E-state index in [1.54, 1.807) is 0 Å². The number of nitrogens with one attached hydrogen (secondary N) is 1. The van der Waals surface area contributed by atoms with Gasteiger partial charge in [-0.1, -0.05) is 6.92 Å². The normalized spacial score (nSPS) is 15.2. The Morgan fingerprint density at radius 3 is 2.76 bits per heavy atom. The van der Waals surface area contributed by atoms with Gasteiger partial charge in [-0.05, 0) is 45.6 Å². The summed E-state index contributed by atoms with van der Waals surface area (Å²) in [7, 11) is 2.04. The van der Waals surface area contributed by atoms with Crippen LogP contribution in [0.1, 0.15) is 50.3 Å². The highest BCUT2D eigenvalue weighted by atomic mass is 16.3. The van der Waals surface area contributed by atoms with Gasteiger partial charge in [0.25, 0.3) is 0 Å². The number of hydrogen-bond donors (Lipinski definition) is 2. The first kappa shape index (κ1) is 16.3. The highest BCUT2D eigenvalue weighted by Gasteiger charge is 2.29. The first-order chi connectivity index (χ1) is 10.2. The van der Waals surface area contributed by atoms with Crippen molar-refractivity contribution in [3.8, 4) is 0 Å². The van der Waals surface area contributed by atoms with E-state index in [0.717, 1.165) is 38.2 Å². The van der Waals surface area contributed by atoms with Crippen molar-refractivity contribution in [2.24, 2.45) is 7.05 Å². The third-order valence-corrected chi connectivity index (χ3v) is 4.39. The van der Waals surface area contributed by atoms with Gasteiger partial charge in [0.1, 0.15) is 5.82 Å². The SMILES string of the molecule is CCCNCc1c(C)nn(C)c1N(CCCO)C1CCC1. The Kier molecular flexibility index (Phi) is 6.06. The van der Waals surface area contributed by atoms with Crippen molar-refractivity contribution in [1.29, 1.82) is 0 Å². The van der Waals surface area contributed by atoms with Crippen molar-refractivity contribution in [1.82, 2.24) is 15.1 Å². The molecular formula is C16H30N4O. The molecule has 0 atom stereocenters. The second-order valence-corrected chi connectivity index (χ2v) is 6.04. The lowest BCUT2D eigenvalue weighted by atomic mass is 9.91. The van der Waals surface area contributed by atoms with Crippen LogP contribution in [0.2, 0.25) is 0 Å². The molecule has 1 aromatic rings. The van der Waals surface area contributed by atoms with Crippen LogP contribution in [-0.2, 0) is 13.6 Å². The van der Waals surface area contributed by atoms with E-state index in [1.165, 1.54) is 30.6 Å². The van der Waals surface area contributed by atoms with Gasteiger partial charge in [-0.15, -0.1) is 0 Å². The number of anilines is 1. The molecule has 0 saturated heterocycles. The summed E-state index contributed by atoms with van der Waals surface area (Å²) in [6.07, 6.45) is 5.81. The van der Waals surface area contributed by atoms with Crippen LogP contribution in [0.15, 0.2) is 0 Å². The van der Waals surface area contributed by atoms with Crippen LogP contribution >= 0.6 is 0 Å². The molecule has 0 radical (unpaired) electrons. The topological polar surface area (TPSA) is 53.3 Å². The molecule has 2 rings (SSSR count). The molecule has 5 nitrogen and oxygen atoms in total. The molecule has 1 heterocycles.